The molecule has 11 nitrogen and oxygen atoms in total. The van der Waals surface area contributed by atoms with E-state index in [-0.39, 0.29) is 6.42 Å². The predicted molar refractivity (Wildman–Crippen MR) is 210 cm³/mol. The molecule has 314 valence electrons. The maximum Gasteiger partial charge on any atom is 0.249 e. The lowest BCUT2D eigenvalue weighted by molar-refractivity contribution is -0.303. The molecule has 1 aliphatic heterocycles. The largest absolute Gasteiger partial charge is 0.394 e. The van der Waals surface area contributed by atoms with Crippen molar-refractivity contribution in [2.24, 2.45) is 0 Å². The number of amides is 1. The van der Waals surface area contributed by atoms with Crippen LogP contribution >= 0.6 is 0 Å². The molecule has 1 heterocycles. The molecule has 1 amide bonds. The Bertz CT molecular complexity index is 877. The van der Waals surface area contributed by atoms with Crippen LogP contribution in [0.25, 0.3) is 0 Å². The molecule has 9 atom stereocenters. The minimum atomic E-state index is -1.66. The van der Waals surface area contributed by atoms with Gasteiger partial charge in [-0.15, -0.1) is 0 Å². The predicted octanol–water partition coefficient (Wildman–Crippen LogP) is 6.11. The Morgan fingerprint density at radius 2 is 1.11 bits per heavy atom. The number of allylic oxidation sites excluding steroid dienone is 2. The third-order valence-corrected chi connectivity index (χ3v) is 10.6. The van der Waals surface area contributed by atoms with Crippen LogP contribution in [0.2, 0.25) is 0 Å². The molecule has 0 aliphatic carbocycles. The molecule has 0 bridgehead atoms. The Morgan fingerprint density at radius 3 is 1.64 bits per heavy atom. The summed E-state index contributed by atoms with van der Waals surface area (Å²) in [4.78, 5) is 13.0. The van der Waals surface area contributed by atoms with Crippen molar-refractivity contribution < 1.29 is 50.0 Å². The minimum Gasteiger partial charge on any atom is -0.394 e. The van der Waals surface area contributed by atoms with Gasteiger partial charge in [-0.05, 0) is 32.1 Å². The summed E-state index contributed by atoms with van der Waals surface area (Å²) in [5.41, 5.74) is 0. The molecule has 1 saturated heterocycles. The van der Waals surface area contributed by atoms with E-state index in [4.69, 9.17) is 9.47 Å². The van der Waals surface area contributed by atoms with Gasteiger partial charge in [0, 0.05) is 0 Å². The van der Waals surface area contributed by atoms with Crippen molar-refractivity contribution in [2.45, 2.75) is 236 Å². The zero-order valence-electron chi connectivity index (χ0n) is 33.5. The van der Waals surface area contributed by atoms with Crippen molar-refractivity contribution in [1.82, 2.24) is 5.32 Å². The molecule has 0 spiro atoms. The van der Waals surface area contributed by atoms with Crippen LogP contribution in [0.3, 0.4) is 0 Å². The van der Waals surface area contributed by atoms with Crippen LogP contribution in [-0.2, 0) is 14.3 Å². The van der Waals surface area contributed by atoms with Gasteiger partial charge < -0.3 is 50.5 Å². The first-order valence-electron chi connectivity index (χ1n) is 21.6. The Kier molecular flexibility index (Phi) is 31.1. The van der Waals surface area contributed by atoms with Gasteiger partial charge in [0.25, 0.3) is 0 Å². The summed E-state index contributed by atoms with van der Waals surface area (Å²) in [5.74, 6) is -0.708. The highest BCUT2D eigenvalue weighted by molar-refractivity contribution is 5.80. The lowest BCUT2D eigenvalue weighted by atomic mass is 9.98. The Balaban J connectivity index is 2.49. The number of hydrogen-bond acceptors (Lipinski definition) is 10. The van der Waals surface area contributed by atoms with Crippen molar-refractivity contribution in [3.63, 3.8) is 0 Å². The van der Waals surface area contributed by atoms with Gasteiger partial charge in [0.15, 0.2) is 6.29 Å². The van der Waals surface area contributed by atoms with Gasteiger partial charge in [0.05, 0.1) is 25.4 Å². The van der Waals surface area contributed by atoms with Crippen molar-refractivity contribution in [3.05, 3.63) is 12.2 Å². The van der Waals surface area contributed by atoms with Crippen LogP contribution in [0.4, 0.5) is 0 Å². The summed E-state index contributed by atoms with van der Waals surface area (Å²) >= 11 is 0. The fourth-order valence-corrected chi connectivity index (χ4v) is 6.89. The van der Waals surface area contributed by atoms with E-state index >= 15 is 0 Å². The number of rotatable bonds is 35. The fraction of sp³-hybridized carbons (Fsp3) is 0.929. The second-order valence-electron chi connectivity index (χ2n) is 15.4. The van der Waals surface area contributed by atoms with E-state index in [1.807, 2.05) is 0 Å². The summed E-state index contributed by atoms with van der Waals surface area (Å²) in [6, 6.07) is -1.17. The average molecular weight is 760 g/mol. The van der Waals surface area contributed by atoms with E-state index in [1.165, 1.54) is 89.9 Å². The van der Waals surface area contributed by atoms with Gasteiger partial charge in [-0.3, -0.25) is 4.79 Å². The standard InChI is InChI=1S/C42H81NO10/c1-3-5-7-9-11-13-15-16-17-18-19-20-22-23-25-27-29-34(45)37(47)33(32-52-42-40(50)39(49)38(48)36(31-44)53-42)43-41(51)35(46)30-28-26-24-21-14-12-10-8-6-4-2/h10,12,33-40,42,44-50H,3-9,11,13-32H2,1-2H3,(H,43,51)/b12-10-. The second kappa shape index (κ2) is 33.0. The highest BCUT2D eigenvalue weighted by Crippen LogP contribution is 2.23. The monoisotopic (exact) mass is 760 g/mol. The normalized spacial score (nSPS) is 22.9. The number of carbonyl (C=O) groups excluding carboxylic acids is 1. The van der Waals surface area contributed by atoms with E-state index in [2.05, 4.69) is 31.3 Å². The van der Waals surface area contributed by atoms with Crippen LogP contribution in [0.15, 0.2) is 12.2 Å². The van der Waals surface area contributed by atoms with Crippen LogP contribution < -0.4 is 5.32 Å². The molecule has 1 fully saturated rings. The number of carbonyl (C=O) groups is 1. The summed E-state index contributed by atoms with van der Waals surface area (Å²) in [6.07, 6.45) is 21.3. The lowest BCUT2D eigenvalue weighted by Gasteiger charge is -2.40. The molecule has 0 radical (unpaired) electrons. The summed E-state index contributed by atoms with van der Waals surface area (Å²) in [5, 5.41) is 75.4. The first kappa shape index (κ1) is 49.9. The van der Waals surface area contributed by atoms with Gasteiger partial charge in [0.1, 0.15) is 36.6 Å². The smallest absolute Gasteiger partial charge is 0.249 e. The first-order chi connectivity index (χ1) is 25.7. The van der Waals surface area contributed by atoms with Gasteiger partial charge in [0.2, 0.25) is 5.91 Å². The molecule has 8 N–H and O–H groups in total. The van der Waals surface area contributed by atoms with Crippen molar-refractivity contribution in [1.29, 1.82) is 0 Å². The van der Waals surface area contributed by atoms with Crippen molar-refractivity contribution in [3.8, 4) is 0 Å². The van der Waals surface area contributed by atoms with Gasteiger partial charge in [-0.1, -0.05) is 161 Å². The van der Waals surface area contributed by atoms with Crippen molar-refractivity contribution in [2.75, 3.05) is 13.2 Å². The number of hydrogen-bond donors (Lipinski definition) is 8. The molecule has 1 rings (SSSR count). The molecular weight excluding hydrogens is 678 g/mol. The molecule has 11 heteroatoms. The minimum absolute atomic E-state index is 0.246. The molecular formula is C42H81NO10. The van der Waals surface area contributed by atoms with Crippen LogP contribution in [0, 0.1) is 0 Å². The van der Waals surface area contributed by atoms with E-state index in [9.17, 15) is 40.5 Å². The average Bonchev–Trinajstić information content (AvgIpc) is 3.16. The van der Waals surface area contributed by atoms with E-state index in [0.717, 1.165) is 51.4 Å². The highest BCUT2D eigenvalue weighted by atomic mass is 16.7. The maximum absolute atomic E-state index is 13.0. The third kappa shape index (κ3) is 23.5. The third-order valence-electron chi connectivity index (χ3n) is 10.6. The lowest BCUT2D eigenvalue weighted by Crippen LogP contribution is -2.60. The topological polar surface area (TPSA) is 189 Å². The van der Waals surface area contributed by atoms with E-state index in [0.29, 0.717) is 19.3 Å². The zero-order chi connectivity index (χ0) is 39.1. The van der Waals surface area contributed by atoms with E-state index in [1.54, 1.807) is 0 Å². The molecule has 9 unspecified atom stereocenters. The van der Waals surface area contributed by atoms with Gasteiger partial charge >= 0.3 is 0 Å². The molecule has 0 aromatic rings. The Hall–Kier alpha value is -1.15. The van der Waals surface area contributed by atoms with Crippen LogP contribution in [-0.4, -0.2) is 110 Å². The second-order valence-corrected chi connectivity index (χ2v) is 15.4. The van der Waals surface area contributed by atoms with E-state index < -0.39 is 74.2 Å². The Morgan fingerprint density at radius 1 is 0.642 bits per heavy atom. The molecule has 0 saturated carbocycles. The summed E-state index contributed by atoms with van der Waals surface area (Å²) < 4.78 is 11.0. The number of nitrogens with one attached hydrogen (secondary N) is 1. The Labute approximate surface area is 322 Å². The quantitative estimate of drug-likeness (QED) is 0.0277. The maximum atomic E-state index is 13.0. The molecule has 1 aliphatic rings. The van der Waals surface area contributed by atoms with Crippen LogP contribution in [0.5, 0.6) is 0 Å². The molecule has 0 aromatic carbocycles. The number of aliphatic hydroxyl groups is 7. The summed E-state index contributed by atoms with van der Waals surface area (Å²) in [6.45, 7) is 3.37. The SMILES string of the molecule is CCCC/C=C\CCCCCCC(O)C(=O)NC(COC1OC(CO)C(O)C(O)C1O)C(O)C(O)CCCCCCCCCCCCCCCCCC. The molecule has 0 aromatic heterocycles. The number of unbranched alkanes of at least 4 members (excludes halogenated alkanes) is 21. The first-order valence-corrected chi connectivity index (χ1v) is 21.6. The number of aliphatic hydroxyl groups excluding tert-OH is 7. The highest BCUT2D eigenvalue weighted by Gasteiger charge is 2.44. The van der Waals surface area contributed by atoms with Gasteiger partial charge in [-0.2, -0.15) is 0 Å². The summed E-state index contributed by atoms with van der Waals surface area (Å²) in [7, 11) is 0. The van der Waals surface area contributed by atoms with Crippen molar-refractivity contribution >= 4 is 5.91 Å². The number of ether oxygens (including phenoxy) is 2. The van der Waals surface area contributed by atoms with Crippen LogP contribution in [0.1, 0.15) is 181 Å². The zero-order valence-corrected chi connectivity index (χ0v) is 33.5. The fourth-order valence-electron chi connectivity index (χ4n) is 6.89. The van der Waals surface area contributed by atoms with Gasteiger partial charge in [-0.25, -0.2) is 0 Å². The molecule has 53 heavy (non-hydrogen) atoms.